The van der Waals surface area contributed by atoms with Crippen LogP contribution in [0.15, 0.2) is 53.4 Å². The summed E-state index contributed by atoms with van der Waals surface area (Å²) in [6, 6.07) is 14.0. The molecule has 2 aromatic carbocycles. The number of amides is 1. The second-order valence-corrected chi connectivity index (χ2v) is 10.7. The van der Waals surface area contributed by atoms with Crippen molar-refractivity contribution in [3.8, 4) is 5.75 Å². The van der Waals surface area contributed by atoms with Gasteiger partial charge in [0.05, 0.1) is 11.4 Å². The van der Waals surface area contributed by atoms with E-state index < -0.39 is 10.0 Å². The largest absolute Gasteiger partial charge is 0.492 e. The molecule has 0 aliphatic carbocycles. The molecule has 3 rings (SSSR count). The van der Waals surface area contributed by atoms with Gasteiger partial charge in [0.1, 0.15) is 12.4 Å². The third-order valence-corrected chi connectivity index (χ3v) is 7.45. The maximum Gasteiger partial charge on any atom is 0.251 e. The summed E-state index contributed by atoms with van der Waals surface area (Å²) in [5.74, 6) is 1.16. The number of carbonyl (C=O) groups is 1. The van der Waals surface area contributed by atoms with E-state index in [1.807, 2.05) is 24.3 Å². The van der Waals surface area contributed by atoms with Gasteiger partial charge in [0, 0.05) is 32.7 Å². The first-order valence-corrected chi connectivity index (χ1v) is 12.4. The highest BCUT2D eigenvalue weighted by Gasteiger charge is 2.17. The highest BCUT2D eigenvalue weighted by atomic mass is 32.2. The summed E-state index contributed by atoms with van der Waals surface area (Å²) in [6.07, 6.45) is 2.56. The van der Waals surface area contributed by atoms with Crippen LogP contribution in [0.5, 0.6) is 5.75 Å². The Labute approximate surface area is 191 Å². The molecule has 32 heavy (non-hydrogen) atoms. The number of hydrogen-bond acceptors (Lipinski definition) is 5. The van der Waals surface area contributed by atoms with Gasteiger partial charge < -0.3 is 10.1 Å². The molecular formula is C24H33N3O4S. The molecular weight excluding hydrogens is 426 g/mol. The van der Waals surface area contributed by atoms with Crippen LogP contribution in [0, 0.1) is 5.92 Å². The summed E-state index contributed by atoms with van der Waals surface area (Å²) in [5.41, 5.74) is 1.85. The molecule has 1 heterocycles. The summed E-state index contributed by atoms with van der Waals surface area (Å²) in [7, 11) is -0.474. The van der Waals surface area contributed by atoms with Crippen LogP contribution in [0.2, 0.25) is 0 Å². The molecule has 0 spiro atoms. The number of rotatable bonds is 9. The molecule has 0 bridgehead atoms. The second kappa shape index (κ2) is 10.9. The standard InChI is InChI=1S/C24H33N3O4S/c1-19-5-4-15-27(17-19)18-20-6-8-21(9-7-20)24(28)25-14-16-31-22-10-12-23(13-11-22)32(29,30)26(2)3/h6-13,19H,4-5,14-18H2,1-3H3,(H,25,28)/t19-/m1/s1. The van der Waals surface area contributed by atoms with Gasteiger partial charge in [-0.25, -0.2) is 12.7 Å². The van der Waals surface area contributed by atoms with Gasteiger partial charge in [-0.3, -0.25) is 9.69 Å². The van der Waals surface area contributed by atoms with E-state index in [0.717, 1.165) is 25.6 Å². The third-order valence-electron chi connectivity index (χ3n) is 5.62. The Kier molecular flexibility index (Phi) is 8.28. The van der Waals surface area contributed by atoms with E-state index in [4.69, 9.17) is 4.74 Å². The normalized spacial score (nSPS) is 17.3. The van der Waals surface area contributed by atoms with Gasteiger partial charge >= 0.3 is 0 Å². The molecule has 0 aromatic heterocycles. The molecule has 0 saturated carbocycles. The van der Waals surface area contributed by atoms with E-state index in [1.165, 1.54) is 48.9 Å². The van der Waals surface area contributed by atoms with E-state index in [0.29, 0.717) is 17.9 Å². The molecule has 1 amide bonds. The number of nitrogens with zero attached hydrogens (tertiary/aromatic N) is 2. The van der Waals surface area contributed by atoms with E-state index in [9.17, 15) is 13.2 Å². The minimum absolute atomic E-state index is 0.140. The fraction of sp³-hybridized carbons (Fsp3) is 0.458. The average Bonchev–Trinajstić information content (AvgIpc) is 2.77. The SMILES string of the molecule is C[C@@H]1CCCN(Cc2ccc(C(=O)NCCOc3ccc(S(=O)(=O)N(C)C)cc3)cc2)C1. The smallest absolute Gasteiger partial charge is 0.251 e. The number of piperidine rings is 1. The van der Waals surface area contributed by atoms with Crippen molar-refractivity contribution in [2.24, 2.45) is 5.92 Å². The van der Waals surface area contributed by atoms with Crippen LogP contribution in [-0.2, 0) is 16.6 Å². The molecule has 2 aromatic rings. The first kappa shape index (κ1) is 24.2. The zero-order chi connectivity index (χ0) is 23.1. The van der Waals surface area contributed by atoms with Gasteiger partial charge in [0.25, 0.3) is 5.91 Å². The van der Waals surface area contributed by atoms with Crippen LogP contribution in [0.3, 0.4) is 0 Å². The summed E-state index contributed by atoms with van der Waals surface area (Å²) in [4.78, 5) is 15.1. The number of hydrogen-bond donors (Lipinski definition) is 1. The summed E-state index contributed by atoms with van der Waals surface area (Å²) >= 11 is 0. The number of sulfonamides is 1. The highest BCUT2D eigenvalue weighted by molar-refractivity contribution is 7.89. The number of carbonyl (C=O) groups excluding carboxylic acids is 1. The Morgan fingerprint density at radius 2 is 1.81 bits per heavy atom. The Morgan fingerprint density at radius 1 is 1.12 bits per heavy atom. The second-order valence-electron chi connectivity index (χ2n) is 8.54. The highest BCUT2D eigenvalue weighted by Crippen LogP contribution is 2.19. The molecule has 1 N–H and O–H groups in total. The molecule has 1 atom stereocenters. The molecule has 1 saturated heterocycles. The Hall–Kier alpha value is -2.42. The van der Waals surface area contributed by atoms with E-state index in [1.54, 1.807) is 12.1 Å². The Morgan fingerprint density at radius 3 is 2.44 bits per heavy atom. The van der Waals surface area contributed by atoms with Gasteiger partial charge in [0.15, 0.2) is 0 Å². The lowest BCUT2D eigenvalue weighted by molar-refractivity contribution is 0.0947. The van der Waals surface area contributed by atoms with Crippen molar-refractivity contribution in [1.82, 2.24) is 14.5 Å². The van der Waals surface area contributed by atoms with Gasteiger partial charge in [-0.05, 0) is 67.3 Å². The monoisotopic (exact) mass is 459 g/mol. The van der Waals surface area contributed by atoms with Crippen LogP contribution in [0.4, 0.5) is 0 Å². The molecule has 174 valence electrons. The van der Waals surface area contributed by atoms with Crippen molar-refractivity contribution < 1.29 is 17.9 Å². The predicted octanol–water partition coefficient (Wildman–Crippen LogP) is 2.98. The van der Waals surface area contributed by atoms with E-state index in [2.05, 4.69) is 17.1 Å². The fourth-order valence-corrected chi connectivity index (χ4v) is 4.71. The van der Waals surface area contributed by atoms with E-state index in [-0.39, 0.29) is 17.4 Å². The van der Waals surface area contributed by atoms with Gasteiger partial charge in [0.2, 0.25) is 10.0 Å². The average molecular weight is 460 g/mol. The van der Waals surface area contributed by atoms with Crippen LogP contribution in [-0.4, -0.2) is 63.9 Å². The van der Waals surface area contributed by atoms with Crippen molar-refractivity contribution in [1.29, 1.82) is 0 Å². The summed E-state index contributed by atoms with van der Waals surface area (Å²) in [5, 5.41) is 2.85. The zero-order valence-electron chi connectivity index (χ0n) is 19.1. The lowest BCUT2D eigenvalue weighted by Gasteiger charge is -2.30. The molecule has 1 fully saturated rings. The zero-order valence-corrected chi connectivity index (χ0v) is 19.9. The summed E-state index contributed by atoms with van der Waals surface area (Å²) < 4.78 is 30.9. The number of nitrogens with one attached hydrogen (secondary N) is 1. The summed E-state index contributed by atoms with van der Waals surface area (Å²) in [6.45, 7) is 6.14. The topological polar surface area (TPSA) is 79.0 Å². The molecule has 8 heteroatoms. The van der Waals surface area contributed by atoms with Crippen LogP contribution < -0.4 is 10.1 Å². The van der Waals surface area contributed by atoms with Gasteiger partial charge in [-0.15, -0.1) is 0 Å². The third kappa shape index (κ3) is 6.54. The van der Waals surface area contributed by atoms with Crippen LogP contribution in [0.25, 0.3) is 0 Å². The molecule has 7 nitrogen and oxygen atoms in total. The molecule has 0 radical (unpaired) electrons. The first-order valence-electron chi connectivity index (χ1n) is 11.0. The van der Waals surface area contributed by atoms with Gasteiger partial charge in [-0.2, -0.15) is 0 Å². The molecule has 1 aliphatic rings. The lowest BCUT2D eigenvalue weighted by Crippen LogP contribution is -2.33. The number of ether oxygens (including phenoxy) is 1. The van der Waals surface area contributed by atoms with Crippen LogP contribution in [0.1, 0.15) is 35.7 Å². The Bertz CT molecular complexity index is 989. The van der Waals surface area contributed by atoms with Crippen molar-refractivity contribution in [3.63, 3.8) is 0 Å². The quantitative estimate of drug-likeness (QED) is 0.584. The van der Waals surface area contributed by atoms with Crippen molar-refractivity contribution in [2.45, 2.75) is 31.2 Å². The molecule has 1 aliphatic heterocycles. The van der Waals surface area contributed by atoms with Gasteiger partial charge in [-0.1, -0.05) is 19.1 Å². The van der Waals surface area contributed by atoms with Crippen molar-refractivity contribution in [2.75, 3.05) is 40.3 Å². The lowest BCUT2D eigenvalue weighted by atomic mass is 9.99. The minimum Gasteiger partial charge on any atom is -0.492 e. The van der Waals surface area contributed by atoms with E-state index >= 15 is 0 Å². The maximum absolute atomic E-state index is 12.4. The number of benzene rings is 2. The maximum atomic E-state index is 12.4. The minimum atomic E-state index is -3.46. The van der Waals surface area contributed by atoms with Crippen molar-refractivity contribution >= 4 is 15.9 Å². The molecule has 0 unspecified atom stereocenters. The predicted molar refractivity (Wildman–Crippen MR) is 125 cm³/mol. The first-order chi connectivity index (χ1) is 15.3. The fourth-order valence-electron chi connectivity index (χ4n) is 3.80. The Balaban J connectivity index is 1.42. The van der Waals surface area contributed by atoms with Crippen LogP contribution >= 0.6 is 0 Å². The van der Waals surface area contributed by atoms with Crippen molar-refractivity contribution in [3.05, 3.63) is 59.7 Å². The number of likely N-dealkylation sites (tertiary alicyclic amines) is 1.